The summed E-state index contributed by atoms with van der Waals surface area (Å²) in [6, 6.07) is 14.1. The molecule has 3 rings (SSSR count). The van der Waals surface area contributed by atoms with Gasteiger partial charge in [0.15, 0.2) is 11.5 Å². The van der Waals surface area contributed by atoms with Gasteiger partial charge in [-0.25, -0.2) is 4.79 Å². The van der Waals surface area contributed by atoms with Crippen LogP contribution in [-0.2, 0) is 4.74 Å². The van der Waals surface area contributed by atoms with Gasteiger partial charge in [-0.15, -0.1) is 11.3 Å². The zero-order valence-electron chi connectivity index (χ0n) is 17.5. The molecule has 2 aromatic carbocycles. The van der Waals surface area contributed by atoms with E-state index in [1.807, 2.05) is 31.2 Å². The van der Waals surface area contributed by atoms with Crippen molar-refractivity contribution in [2.45, 2.75) is 6.92 Å². The standard InChI is InChI=1S/C23H23NO6S/c1-15-7-4-5-8-18(15)29-10-11-30-23(26)16-13-19(27-2)20(28-3)14-17(16)24-22(25)21-9-6-12-31-21/h4-9,12-14H,10-11H2,1-3H3,(H,24,25). The van der Waals surface area contributed by atoms with Gasteiger partial charge in [-0.1, -0.05) is 24.3 Å². The Kier molecular flexibility index (Phi) is 7.50. The maximum atomic E-state index is 12.8. The Hall–Kier alpha value is -3.52. The molecule has 1 heterocycles. The quantitative estimate of drug-likeness (QED) is 0.387. The molecule has 0 aliphatic heterocycles. The van der Waals surface area contributed by atoms with Gasteiger partial charge in [-0.3, -0.25) is 4.79 Å². The molecule has 0 aliphatic rings. The highest BCUT2D eigenvalue weighted by atomic mass is 32.1. The summed E-state index contributed by atoms with van der Waals surface area (Å²) in [5, 5.41) is 4.55. The van der Waals surface area contributed by atoms with Crippen LogP contribution < -0.4 is 19.5 Å². The number of thiophene rings is 1. The number of carbonyl (C=O) groups is 2. The highest BCUT2D eigenvalue weighted by molar-refractivity contribution is 7.12. The molecule has 3 aromatic rings. The van der Waals surface area contributed by atoms with Crippen LogP contribution in [0.1, 0.15) is 25.6 Å². The summed E-state index contributed by atoms with van der Waals surface area (Å²) < 4.78 is 21.6. The number of carbonyl (C=O) groups excluding carboxylic acids is 2. The van der Waals surface area contributed by atoms with Crippen LogP contribution in [0.2, 0.25) is 0 Å². The number of amides is 1. The fourth-order valence-corrected chi connectivity index (χ4v) is 3.44. The molecule has 1 amide bonds. The summed E-state index contributed by atoms with van der Waals surface area (Å²) in [6.07, 6.45) is 0. The van der Waals surface area contributed by atoms with Crippen LogP contribution in [-0.4, -0.2) is 39.3 Å². The summed E-state index contributed by atoms with van der Waals surface area (Å²) in [4.78, 5) is 25.8. The van der Waals surface area contributed by atoms with E-state index in [1.165, 1.54) is 37.7 Å². The molecule has 0 bridgehead atoms. The van der Waals surface area contributed by atoms with Crippen molar-refractivity contribution in [2.24, 2.45) is 0 Å². The first-order chi connectivity index (χ1) is 15.0. The first kappa shape index (κ1) is 22.2. The van der Waals surface area contributed by atoms with Crippen LogP contribution in [0.5, 0.6) is 17.2 Å². The Morgan fingerprint density at radius 1 is 0.935 bits per heavy atom. The van der Waals surface area contributed by atoms with E-state index >= 15 is 0 Å². The highest BCUT2D eigenvalue weighted by Crippen LogP contribution is 2.34. The minimum atomic E-state index is -0.615. The minimum absolute atomic E-state index is 0.0415. The van der Waals surface area contributed by atoms with E-state index in [4.69, 9.17) is 18.9 Å². The maximum absolute atomic E-state index is 12.8. The van der Waals surface area contributed by atoms with Crippen LogP contribution in [0, 0.1) is 6.92 Å². The molecule has 0 aliphatic carbocycles. The third-order valence-electron chi connectivity index (χ3n) is 4.40. The molecule has 7 nitrogen and oxygen atoms in total. The molecule has 0 fully saturated rings. The number of hydrogen-bond donors (Lipinski definition) is 1. The number of nitrogens with one attached hydrogen (secondary N) is 1. The molecule has 8 heteroatoms. The van der Waals surface area contributed by atoms with E-state index in [0.29, 0.717) is 16.4 Å². The Balaban J connectivity index is 1.73. The molecular weight excluding hydrogens is 418 g/mol. The number of benzene rings is 2. The molecule has 0 saturated carbocycles. The van der Waals surface area contributed by atoms with Gasteiger partial charge in [0.25, 0.3) is 5.91 Å². The van der Waals surface area contributed by atoms with Crippen molar-refractivity contribution in [1.29, 1.82) is 0 Å². The molecule has 162 valence electrons. The second-order valence-electron chi connectivity index (χ2n) is 6.43. The zero-order valence-corrected chi connectivity index (χ0v) is 18.3. The summed E-state index contributed by atoms with van der Waals surface area (Å²) in [5.41, 5.74) is 1.41. The first-order valence-corrected chi connectivity index (χ1v) is 10.4. The van der Waals surface area contributed by atoms with Gasteiger partial charge in [0.2, 0.25) is 0 Å². The van der Waals surface area contributed by atoms with Crippen LogP contribution in [0.4, 0.5) is 5.69 Å². The van der Waals surface area contributed by atoms with E-state index in [0.717, 1.165) is 11.3 Å². The molecular formula is C23H23NO6S. The second-order valence-corrected chi connectivity index (χ2v) is 7.38. The highest BCUT2D eigenvalue weighted by Gasteiger charge is 2.20. The number of para-hydroxylation sites is 1. The normalized spacial score (nSPS) is 10.3. The van der Waals surface area contributed by atoms with Crippen molar-refractivity contribution in [1.82, 2.24) is 0 Å². The number of methoxy groups -OCH3 is 2. The average Bonchev–Trinajstić information content (AvgIpc) is 3.32. The third-order valence-corrected chi connectivity index (χ3v) is 5.27. The van der Waals surface area contributed by atoms with Crippen LogP contribution >= 0.6 is 11.3 Å². The van der Waals surface area contributed by atoms with Crippen molar-refractivity contribution in [2.75, 3.05) is 32.8 Å². The number of rotatable bonds is 9. The summed E-state index contributed by atoms with van der Waals surface area (Å²) in [5.74, 6) is 0.506. The predicted molar refractivity (Wildman–Crippen MR) is 119 cm³/mol. The zero-order chi connectivity index (χ0) is 22.2. The lowest BCUT2D eigenvalue weighted by molar-refractivity contribution is 0.0451. The van der Waals surface area contributed by atoms with E-state index in [2.05, 4.69) is 5.32 Å². The van der Waals surface area contributed by atoms with Crippen molar-refractivity contribution in [3.63, 3.8) is 0 Å². The molecule has 31 heavy (non-hydrogen) atoms. The molecule has 0 spiro atoms. The lowest BCUT2D eigenvalue weighted by Gasteiger charge is -2.15. The Morgan fingerprint density at radius 2 is 1.68 bits per heavy atom. The predicted octanol–water partition coefficient (Wildman–Crippen LogP) is 4.56. The fraction of sp³-hybridized carbons (Fsp3) is 0.217. The lowest BCUT2D eigenvalue weighted by atomic mass is 10.1. The number of esters is 1. The molecule has 0 atom stereocenters. The lowest BCUT2D eigenvalue weighted by Crippen LogP contribution is -2.17. The van der Waals surface area contributed by atoms with Crippen LogP contribution in [0.15, 0.2) is 53.9 Å². The fourth-order valence-electron chi connectivity index (χ4n) is 2.83. The van der Waals surface area contributed by atoms with E-state index in [-0.39, 0.29) is 30.4 Å². The number of ether oxygens (including phenoxy) is 4. The first-order valence-electron chi connectivity index (χ1n) is 9.50. The van der Waals surface area contributed by atoms with Gasteiger partial charge in [0, 0.05) is 12.1 Å². The summed E-state index contributed by atoms with van der Waals surface area (Å²) in [6.45, 7) is 2.17. The monoisotopic (exact) mass is 441 g/mol. The Labute approximate surface area is 184 Å². The SMILES string of the molecule is COc1cc(NC(=O)c2cccs2)c(C(=O)OCCOc2ccccc2C)cc1OC. The van der Waals surface area contributed by atoms with Gasteiger partial charge in [0.05, 0.1) is 30.3 Å². The second kappa shape index (κ2) is 10.5. The van der Waals surface area contributed by atoms with Crippen LogP contribution in [0.3, 0.4) is 0 Å². The van der Waals surface area contributed by atoms with Crippen molar-refractivity contribution < 1.29 is 28.5 Å². The minimum Gasteiger partial charge on any atom is -0.493 e. The molecule has 1 N–H and O–H groups in total. The average molecular weight is 442 g/mol. The van der Waals surface area contributed by atoms with E-state index < -0.39 is 5.97 Å². The van der Waals surface area contributed by atoms with E-state index in [1.54, 1.807) is 17.5 Å². The van der Waals surface area contributed by atoms with Gasteiger partial charge in [-0.05, 0) is 30.0 Å². The number of aryl methyl sites for hydroxylation is 1. The van der Waals surface area contributed by atoms with Gasteiger partial charge in [-0.2, -0.15) is 0 Å². The number of anilines is 1. The summed E-state index contributed by atoms with van der Waals surface area (Å²) >= 11 is 1.30. The number of hydrogen-bond acceptors (Lipinski definition) is 7. The molecule has 0 radical (unpaired) electrons. The Morgan fingerprint density at radius 3 is 2.35 bits per heavy atom. The third kappa shape index (κ3) is 5.55. The smallest absolute Gasteiger partial charge is 0.340 e. The molecule has 0 saturated heterocycles. The molecule has 0 unspecified atom stereocenters. The van der Waals surface area contributed by atoms with Crippen molar-refractivity contribution in [3.05, 3.63) is 69.9 Å². The van der Waals surface area contributed by atoms with Crippen molar-refractivity contribution in [3.8, 4) is 17.2 Å². The van der Waals surface area contributed by atoms with Crippen molar-refractivity contribution >= 4 is 28.9 Å². The van der Waals surface area contributed by atoms with Gasteiger partial charge < -0.3 is 24.3 Å². The topological polar surface area (TPSA) is 83.1 Å². The van der Waals surface area contributed by atoms with Gasteiger partial charge in [0.1, 0.15) is 19.0 Å². The Bertz CT molecular complexity index is 1050. The molecule has 1 aromatic heterocycles. The van der Waals surface area contributed by atoms with E-state index in [9.17, 15) is 9.59 Å². The summed E-state index contributed by atoms with van der Waals surface area (Å²) in [7, 11) is 2.94. The largest absolute Gasteiger partial charge is 0.493 e. The van der Waals surface area contributed by atoms with Crippen LogP contribution in [0.25, 0.3) is 0 Å². The van der Waals surface area contributed by atoms with Gasteiger partial charge >= 0.3 is 5.97 Å². The maximum Gasteiger partial charge on any atom is 0.340 e.